The first kappa shape index (κ1) is 16.3. The summed E-state index contributed by atoms with van der Waals surface area (Å²) in [4.78, 5) is 16.7. The number of nitrogens with one attached hydrogen (secondary N) is 1. The molecule has 0 unspecified atom stereocenters. The molecule has 0 radical (unpaired) electrons. The Morgan fingerprint density at radius 2 is 2.21 bits per heavy atom. The molecule has 0 aliphatic heterocycles. The number of ether oxygens (including phenoxy) is 1. The number of nitrogens with zero attached hydrogens (tertiary/aromatic N) is 2. The van der Waals surface area contributed by atoms with E-state index in [0.29, 0.717) is 22.9 Å². The Bertz CT molecular complexity index is 860. The van der Waals surface area contributed by atoms with Gasteiger partial charge in [0.25, 0.3) is 5.91 Å². The Balaban J connectivity index is 1.57. The molecule has 0 saturated carbocycles. The topological polar surface area (TPSA) is 56.1 Å². The van der Waals surface area contributed by atoms with Crippen molar-refractivity contribution in [1.29, 1.82) is 0 Å². The number of hydrogen-bond acceptors (Lipinski definition) is 3. The van der Waals surface area contributed by atoms with Crippen LogP contribution < -0.4 is 10.1 Å². The predicted molar refractivity (Wildman–Crippen MR) is 94.7 cm³/mol. The van der Waals surface area contributed by atoms with Gasteiger partial charge in [-0.05, 0) is 42.8 Å². The van der Waals surface area contributed by atoms with Gasteiger partial charge in [-0.25, -0.2) is 4.98 Å². The maximum Gasteiger partial charge on any atom is 0.255 e. The van der Waals surface area contributed by atoms with Crippen LogP contribution in [-0.2, 0) is 6.54 Å². The molecule has 5 nitrogen and oxygen atoms in total. The Labute approximate surface area is 145 Å². The average molecular weight is 344 g/mol. The van der Waals surface area contributed by atoms with Crippen LogP contribution in [0.15, 0.2) is 48.8 Å². The second-order valence-corrected chi connectivity index (χ2v) is 5.82. The number of methoxy groups -OCH3 is 1. The number of pyridine rings is 1. The zero-order valence-corrected chi connectivity index (χ0v) is 14.1. The zero-order chi connectivity index (χ0) is 16.9. The lowest BCUT2D eigenvalue weighted by Crippen LogP contribution is -2.25. The van der Waals surface area contributed by atoms with Gasteiger partial charge >= 0.3 is 0 Å². The van der Waals surface area contributed by atoms with Gasteiger partial charge in [-0.2, -0.15) is 0 Å². The second kappa shape index (κ2) is 7.36. The lowest BCUT2D eigenvalue weighted by atomic mass is 10.2. The molecule has 0 fully saturated rings. The highest BCUT2D eigenvalue weighted by atomic mass is 35.5. The quantitative estimate of drug-likeness (QED) is 0.697. The Morgan fingerprint density at radius 3 is 3.04 bits per heavy atom. The van der Waals surface area contributed by atoms with Gasteiger partial charge in [0.1, 0.15) is 11.4 Å². The first-order chi connectivity index (χ1) is 11.7. The van der Waals surface area contributed by atoms with E-state index in [1.54, 1.807) is 24.4 Å². The maximum atomic E-state index is 12.3. The number of carbonyl (C=O) groups excluding carboxylic acids is 1. The summed E-state index contributed by atoms with van der Waals surface area (Å²) < 4.78 is 7.29. The SMILES string of the molecule is COc1ccc(Cl)cc1C(=O)NCCCn1ccc2cccnc21. The van der Waals surface area contributed by atoms with Crippen LogP contribution >= 0.6 is 11.6 Å². The molecule has 0 aliphatic carbocycles. The highest BCUT2D eigenvalue weighted by Gasteiger charge is 2.12. The van der Waals surface area contributed by atoms with Crippen LogP contribution in [0.25, 0.3) is 11.0 Å². The Morgan fingerprint density at radius 1 is 1.33 bits per heavy atom. The van der Waals surface area contributed by atoms with Gasteiger partial charge in [0.2, 0.25) is 0 Å². The molecular formula is C18H18ClN3O2. The van der Waals surface area contributed by atoms with Crippen LogP contribution in [0.4, 0.5) is 0 Å². The lowest BCUT2D eigenvalue weighted by molar-refractivity contribution is 0.0949. The van der Waals surface area contributed by atoms with Gasteiger partial charge in [-0.15, -0.1) is 0 Å². The van der Waals surface area contributed by atoms with Gasteiger partial charge in [-0.3, -0.25) is 4.79 Å². The molecule has 0 saturated heterocycles. The number of aryl methyl sites for hydroxylation is 1. The number of carbonyl (C=O) groups is 1. The van der Waals surface area contributed by atoms with E-state index >= 15 is 0 Å². The van der Waals surface area contributed by atoms with Crippen LogP contribution in [0.3, 0.4) is 0 Å². The summed E-state index contributed by atoms with van der Waals surface area (Å²) >= 11 is 5.96. The van der Waals surface area contributed by atoms with Crippen molar-refractivity contribution in [2.24, 2.45) is 0 Å². The molecule has 6 heteroatoms. The molecule has 1 amide bonds. The third-order valence-corrected chi connectivity index (χ3v) is 4.03. The van der Waals surface area contributed by atoms with Crippen LogP contribution in [0.5, 0.6) is 5.75 Å². The lowest BCUT2D eigenvalue weighted by Gasteiger charge is -2.10. The van der Waals surface area contributed by atoms with E-state index in [0.717, 1.165) is 24.0 Å². The Hall–Kier alpha value is -2.53. The first-order valence-corrected chi connectivity index (χ1v) is 8.08. The van der Waals surface area contributed by atoms with Gasteiger partial charge in [0, 0.05) is 35.9 Å². The molecule has 1 N–H and O–H groups in total. The molecule has 24 heavy (non-hydrogen) atoms. The second-order valence-electron chi connectivity index (χ2n) is 5.38. The molecule has 3 aromatic rings. The van der Waals surface area contributed by atoms with Crippen molar-refractivity contribution >= 4 is 28.5 Å². The summed E-state index contributed by atoms with van der Waals surface area (Å²) in [5.74, 6) is 0.322. The van der Waals surface area contributed by atoms with Gasteiger partial charge in [0.15, 0.2) is 0 Å². The fourth-order valence-corrected chi connectivity index (χ4v) is 2.78. The minimum atomic E-state index is -0.190. The van der Waals surface area contributed by atoms with E-state index < -0.39 is 0 Å². The number of hydrogen-bond donors (Lipinski definition) is 1. The number of fused-ring (bicyclic) bond motifs is 1. The number of halogens is 1. The van der Waals surface area contributed by atoms with E-state index in [1.807, 2.05) is 24.4 Å². The van der Waals surface area contributed by atoms with Gasteiger partial charge in [-0.1, -0.05) is 11.6 Å². The van der Waals surface area contributed by atoms with Crippen molar-refractivity contribution < 1.29 is 9.53 Å². The minimum absolute atomic E-state index is 0.190. The summed E-state index contributed by atoms with van der Waals surface area (Å²) in [5.41, 5.74) is 1.40. The molecule has 2 heterocycles. The van der Waals surface area contributed by atoms with Crippen molar-refractivity contribution in [1.82, 2.24) is 14.9 Å². The number of aromatic nitrogens is 2. The molecule has 0 spiro atoms. The van der Waals surface area contributed by atoms with Crippen LogP contribution in [0.2, 0.25) is 5.02 Å². The monoisotopic (exact) mass is 343 g/mol. The van der Waals surface area contributed by atoms with E-state index in [4.69, 9.17) is 16.3 Å². The van der Waals surface area contributed by atoms with Crippen molar-refractivity contribution in [3.8, 4) is 5.75 Å². The third kappa shape index (κ3) is 3.51. The van der Waals surface area contributed by atoms with Crippen LogP contribution in [-0.4, -0.2) is 29.1 Å². The fraction of sp³-hybridized carbons (Fsp3) is 0.222. The fourth-order valence-electron chi connectivity index (χ4n) is 2.60. The number of amides is 1. The first-order valence-electron chi connectivity index (χ1n) is 7.70. The molecule has 1 aromatic carbocycles. The summed E-state index contributed by atoms with van der Waals surface area (Å²) in [5, 5.41) is 4.52. The summed E-state index contributed by atoms with van der Waals surface area (Å²) in [7, 11) is 1.53. The smallest absolute Gasteiger partial charge is 0.255 e. The molecule has 3 rings (SSSR count). The average Bonchev–Trinajstić information content (AvgIpc) is 3.01. The molecular weight excluding hydrogens is 326 g/mol. The number of rotatable bonds is 6. The summed E-state index contributed by atoms with van der Waals surface area (Å²) in [6, 6.07) is 11.0. The summed E-state index contributed by atoms with van der Waals surface area (Å²) in [6.07, 6.45) is 4.60. The predicted octanol–water partition coefficient (Wildman–Crippen LogP) is 3.52. The van der Waals surface area contributed by atoms with E-state index in [2.05, 4.69) is 14.9 Å². The van der Waals surface area contributed by atoms with Gasteiger partial charge in [0.05, 0.1) is 12.7 Å². The molecule has 0 bridgehead atoms. The third-order valence-electron chi connectivity index (χ3n) is 3.79. The van der Waals surface area contributed by atoms with E-state index in [1.165, 1.54) is 7.11 Å². The molecule has 124 valence electrons. The van der Waals surface area contributed by atoms with Gasteiger partial charge < -0.3 is 14.6 Å². The Kier molecular flexibility index (Phi) is 5.01. The van der Waals surface area contributed by atoms with Crippen molar-refractivity contribution in [2.45, 2.75) is 13.0 Å². The molecule has 0 atom stereocenters. The molecule has 0 aliphatic rings. The van der Waals surface area contributed by atoms with Crippen LogP contribution in [0, 0.1) is 0 Å². The van der Waals surface area contributed by atoms with E-state index in [9.17, 15) is 4.79 Å². The van der Waals surface area contributed by atoms with Crippen molar-refractivity contribution in [3.05, 3.63) is 59.4 Å². The zero-order valence-electron chi connectivity index (χ0n) is 13.3. The highest BCUT2D eigenvalue weighted by Crippen LogP contribution is 2.22. The highest BCUT2D eigenvalue weighted by molar-refractivity contribution is 6.31. The largest absolute Gasteiger partial charge is 0.496 e. The van der Waals surface area contributed by atoms with Crippen LogP contribution in [0.1, 0.15) is 16.8 Å². The maximum absolute atomic E-state index is 12.3. The number of benzene rings is 1. The van der Waals surface area contributed by atoms with E-state index in [-0.39, 0.29) is 5.91 Å². The molecule has 2 aromatic heterocycles. The standard InChI is InChI=1S/C18H18ClN3O2/c1-24-16-6-5-14(19)12-15(16)18(23)21-9-3-10-22-11-7-13-4-2-8-20-17(13)22/h2,4-8,11-12H,3,9-10H2,1H3,(H,21,23). The normalized spacial score (nSPS) is 10.8. The van der Waals surface area contributed by atoms with Crippen molar-refractivity contribution in [3.63, 3.8) is 0 Å². The summed E-state index contributed by atoms with van der Waals surface area (Å²) in [6.45, 7) is 1.34. The van der Waals surface area contributed by atoms with Crippen molar-refractivity contribution in [2.75, 3.05) is 13.7 Å². The minimum Gasteiger partial charge on any atom is -0.496 e.